The number of anilines is 1. The number of aromatic nitrogens is 2. The Kier molecular flexibility index (Phi) is 8.36. The van der Waals surface area contributed by atoms with Crippen LogP contribution in [-0.4, -0.2) is 58.2 Å². The molecule has 1 heterocycles. The van der Waals surface area contributed by atoms with Gasteiger partial charge in [-0.1, -0.05) is 12.1 Å². The van der Waals surface area contributed by atoms with Crippen molar-refractivity contribution in [2.75, 3.05) is 18.9 Å². The van der Waals surface area contributed by atoms with Crippen molar-refractivity contribution in [1.29, 1.82) is 0 Å². The predicted molar refractivity (Wildman–Crippen MR) is 140 cm³/mol. The van der Waals surface area contributed by atoms with Crippen molar-refractivity contribution in [2.45, 2.75) is 70.6 Å². The molecule has 0 unspecified atom stereocenters. The third-order valence-corrected chi connectivity index (χ3v) is 7.77. The molecule has 0 radical (unpaired) electrons. The fourth-order valence-electron chi connectivity index (χ4n) is 5.09. The van der Waals surface area contributed by atoms with Gasteiger partial charge in [0.25, 0.3) is 11.8 Å². The van der Waals surface area contributed by atoms with E-state index in [1.165, 1.54) is 29.9 Å². The lowest BCUT2D eigenvalue weighted by Crippen LogP contribution is -2.46. The molecule has 0 bridgehead atoms. The van der Waals surface area contributed by atoms with E-state index >= 15 is 4.39 Å². The molecule has 8 nitrogen and oxygen atoms in total. The number of carbonyl (C=O) groups excluding carboxylic acids is 3. The number of likely N-dealkylation sites (N-methyl/N-ethyl adjacent to an activating group) is 1. The van der Waals surface area contributed by atoms with Crippen molar-refractivity contribution >= 4 is 23.4 Å². The van der Waals surface area contributed by atoms with Crippen molar-refractivity contribution in [3.8, 4) is 0 Å². The summed E-state index contributed by atoms with van der Waals surface area (Å²) in [4.78, 5) is 39.5. The molecule has 2 N–H and O–H groups in total. The lowest BCUT2D eigenvalue weighted by Gasteiger charge is -2.27. The van der Waals surface area contributed by atoms with Gasteiger partial charge in [0.15, 0.2) is 0 Å². The molecule has 2 aliphatic rings. The minimum absolute atomic E-state index is 0.164. The van der Waals surface area contributed by atoms with Crippen molar-refractivity contribution in [3.63, 3.8) is 0 Å². The van der Waals surface area contributed by atoms with E-state index < -0.39 is 48.2 Å². The molecule has 3 amide bonds. The van der Waals surface area contributed by atoms with Crippen molar-refractivity contribution in [1.82, 2.24) is 20.0 Å². The smallest absolute Gasteiger partial charge is 0.336 e. The highest BCUT2D eigenvalue weighted by Crippen LogP contribution is 2.55. The number of nitrogens with one attached hydrogen (secondary N) is 2. The number of hydrogen-bond acceptors (Lipinski definition) is 4. The Labute approximate surface area is 229 Å². The van der Waals surface area contributed by atoms with Gasteiger partial charge in [0.05, 0.1) is 11.6 Å². The van der Waals surface area contributed by atoms with Gasteiger partial charge in [-0.05, 0) is 80.7 Å². The number of nitrogens with zero attached hydrogens (tertiary/aromatic N) is 3. The summed E-state index contributed by atoms with van der Waals surface area (Å²) in [6, 6.07) is 4.17. The Balaban J connectivity index is 1.51. The van der Waals surface area contributed by atoms with Crippen LogP contribution in [0.2, 0.25) is 0 Å². The molecular formula is C28H33F4N5O3. The predicted octanol–water partition coefficient (Wildman–Crippen LogP) is 4.79. The quantitative estimate of drug-likeness (QED) is 0.339. The molecule has 12 heteroatoms. The molecule has 216 valence electrons. The molecule has 1 aromatic carbocycles. The first kappa shape index (κ1) is 29.3. The molecule has 4 rings (SSSR count). The normalized spacial score (nSPS) is 17.5. The molecule has 1 saturated carbocycles. The van der Waals surface area contributed by atoms with Gasteiger partial charge in [0.2, 0.25) is 5.91 Å². The Hall–Kier alpha value is -3.70. The first-order valence-corrected chi connectivity index (χ1v) is 13.3. The molecule has 2 aromatic rings. The molecule has 2 atom stereocenters. The van der Waals surface area contributed by atoms with E-state index in [1.807, 2.05) is 13.0 Å². The molecule has 1 fully saturated rings. The van der Waals surface area contributed by atoms with Crippen LogP contribution >= 0.6 is 0 Å². The number of benzene rings is 1. The molecule has 1 aromatic heterocycles. The number of amides is 3. The van der Waals surface area contributed by atoms with Gasteiger partial charge >= 0.3 is 6.18 Å². The summed E-state index contributed by atoms with van der Waals surface area (Å²) >= 11 is 0. The number of alkyl halides is 3. The van der Waals surface area contributed by atoms with Crippen molar-refractivity contribution < 1.29 is 31.9 Å². The summed E-state index contributed by atoms with van der Waals surface area (Å²) in [5.41, 5.74) is 1.32. The minimum atomic E-state index is -4.56. The Morgan fingerprint density at radius 3 is 2.48 bits per heavy atom. The second kappa shape index (κ2) is 11.4. The fourth-order valence-corrected chi connectivity index (χ4v) is 5.09. The van der Waals surface area contributed by atoms with Gasteiger partial charge < -0.3 is 15.5 Å². The van der Waals surface area contributed by atoms with Crippen LogP contribution in [0.5, 0.6) is 0 Å². The van der Waals surface area contributed by atoms with E-state index in [0.29, 0.717) is 29.0 Å². The second-order valence-corrected chi connectivity index (χ2v) is 10.7. The Morgan fingerprint density at radius 2 is 1.90 bits per heavy atom. The van der Waals surface area contributed by atoms with Crippen LogP contribution in [-0.2, 0) is 16.1 Å². The number of hydrogen-bond donors (Lipinski definition) is 2. The van der Waals surface area contributed by atoms with Crippen LogP contribution in [0.1, 0.15) is 67.9 Å². The molecular weight excluding hydrogens is 530 g/mol. The number of allylic oxidation sites excluding steroid dienone is 1. The van der Waals surface area contributed by atoms with E-state index in [-0.39, 0.29) is 11.3 Å². The van der Waals surface area contributed by atoms with Gasteiger partial charge in [-0.3, -0.25) is 19.1 Å². The third-order valence-electron chi connectivity index (χ3n) is 7.77. The molecule has 0 aliphatic heterocycles. The maximum Gasteiger partial charge on any atom is 0.406 e. The van der Waals surface area contributed by atoms with Crippen LogP contribution in [0.3, 0.4) is 0 Å². The first-order valence-electron chi connectivity index (χ1n) is 13.3. The monoisotopic (exact) mass is 563 g/mol. The van der Waals surface area contributed by atoms with Gasteiger partial charge in [-0.15, -0.1) is 0 Å². The maximum absolute atomic E-state index is 15.1. The number of aryl methyl sites for hydroxylation is 1. The molecule has 2 aliphatic carbocycles. The van der Waals surface area contributed by atoms with Crippen LogP contribution in [0.25, 0.3) is 0 Å². The highest BCUT2D eigenvalue weighted by molar-refractivity contribution is 6.02. The SMILES string of the molecule is CCn1nccc1C(=O)N[C@H](C(=O)Nc1ccc([C@H](C)C(=O)N(C)CC(F)(F)F)cc1F)C1=CCC2(CC1)CC2. The maximum atomic E-state index is 15.1. The van der Waals surface area contributed by atoms with E-state index in [2.05, 4.69) is 15.7 Å². The van der Waals surface area contributed by atoms with Crippen LogP contribution in [0.4, 0.5) is 23.2 Å². The van der Waals surface area contributed by atoms with Crippen molar-refractivity contribution in [2.24, 2.45) is 5.41 Å². The van der Waals surface area contributed by atoms with Gasteiger partial charge in [-0.25, -0.2) is 4.39 Å². The molecule has 1 spiro atoms. The Morgan fingerprint density at radius 1 is 1.18 bits per heavy atom. The highest BCUT2D eigenvalue weighted by atomic mass is 19.4. The van der Waals surface area contributed by atoms with Gasteiger partial charge in [-0.2, -0.15) is 18.3 Å². The largest absolute Gasteiger partial charge is 0.406 e. The average Bonchev–Trinajstić information content (AvgIpc) is 3.47. The summed E-state index contributed by atoms with van der Waals surface area (Å²) in [5.74, 6) is -3.83. The van der Waals surface area contributed by atoms with E-state index in [0.717, 1.165) is 44.4 Å². The summed E-state index contributed by atoms with van der Waals surface area (Å²) in [5, 5.41) is 9.42. The molecule has 0 saturated heterocycles. The summed E-state index contributed by atoms with van der Waals surface area (Å²) < 4.78 is 54.6. The minimum Gasteiger partial charge on any atom is -0.336 e. The van der Waals surface area contributed by atoms with E-state index in [4.69, 9.17) is 0 Å². The second-order valence-electron chi connectivity index (χ2n) is 10.7. The molecule has 40 heavy (non-hydrogen) atoms. The Bertz CT molecular complexity index is 1320. The van der Waals surface area contributed by atoms with Crippen molar-refractivity contribution in [3.05, 3.63) is 59.2 Å². The van der Waals surface area contributed by atoms with Crippen LogP contribution in [0, 0.1) is 11.2 Å². The van der Waals surface area contributed by atoms with E-state index in [9.17, 15) is 27.6 Å². The zero-order valence-electron chi connectivity index (χ0n) is 22.6. The standard InChI is InChI=1S/C28H33F4N5O3/c1-4-37-22(9-14-33-37)24(38)35-23(18-7-10-27(11-8-18)12-13-27)25(39)34-21-6-5-19(15-20(21)29)17(2)26(40)36(3)16-28(30,31)32/h5-7,9,14-15,17,23H,4,8,10-13,16H2,1-3H3,(H,34,39)(H,35,38)/t17-,23-/m0/s1. The van der Waals surface area contributed by atoms with Gasteiger partial charge in [0.1, 0.15) is 24.1 Å². The fraction of sp³-hybridized carbons (Fsp3) is 0.500. The van der Waals surface area contributed by atoms with Crippen LogP contribution in [0.15, 0.2) is 42.1 Å². The third kappa shape index (κ3) is 6.71. The lowest BCUT2D eigenvalue weighted by atomic mass is 9.84. The lowest BCUT2D eigenvalue weighted by molar-refractivity contribution is -0.159. The van der Waals surface area contributed by atoms with Gasteiger partial charge in [0, 0.05) is 19.8 Å². The zero-order chi connectivity index (χ0) is 29.2. The highest BCUT2D eigenvalue weighted by Gasteiger charge is 2.44. The topological polar surface area (TPSA) is 96.3 Å². The summed E-state index contributed by atoms with van der Waals surface area (Å²) in [6.45, 7) is 2.26. The zero-order valence-corrected chi connectivity index (χ0v) is 22.6. The number of carbonyl (C=O) groups is 3. The number of rotatable bonds is 9. The summed E-state index contributed by atoms with van der Waals surface area (Å²) in [7, 11) is 1.03. The average molecular weight is 564 g/mol. The summed E-state index contributed by atoms with van der Waals surface area (Å²) in [6.07, 6.45) is 3.54. The first-order chi connectivity index (χ1) is 18.8. The number of halogens is 4. The van der Waals surface area contributed by atoms with Crippen LogP contribution < -0.4 is 10.6 Å². The van der Waals surface area contributed by atoms with E-state index in [1.54, 1.807) is 6.07 Å².